The molecule has 0 bridgehead atoms. The predicted octanol–water partition coefficient (Wildman–Crippen LogP) is -0.0691. The number of rotatable bonds is 3. The van der Waals surface area contributed by atoms with Crippen molar-refractivity contribution in [1.82, 2.24) is 20.4 Å². The van der Waals surface area contributed by atoms with Gasteiger partial charge in [0.25, 0.3) is 5.95 Å². The van der Waals surface area contributed by atoms with Crippen molar-refractivity contribution in [3.05, 3.63) is 5.89 Å². The number of aromatic nitrogens is 2. The van der Waals surface area contributed by atoms with Crippen molar-refractivity contribution in [3.63, 3.8) is 0 Å². The molecule has 0 amide bonds. The smallest absolute Gasteiger partial charge is 0.265 e. The van der Waals surface area contributed by atoms with E-state index in [1.54, 1.807) is 0 Å². The number of anilines is 1. The van der Waals surface area contributed by atoms with Crippen LogP contribution in [0.3, 0.4) is 0 Å². The first kappa shape index (κ1) is 11.3. The van der Waals surface area contributed by atoms with Crippen molar-refractivity contribution < 1.29 is 4.52 Å². The summed E-state index contributed by atoms with van der Waals surface area (Å²) in [6.07, 6.45) is 1.18. The van der Waals surface area contributed by atoms with Gasteiger partial charge in [-0.05, 0) is 24.7 Å². The van der Waals surface area contributed by atoms with E-state index in [9.17, 15) is 0 Å². The van der Waals surface area contributed by atoms with E-state index in [4.69, 9.17) is 4.52 Å². The second-order valence-corrected chi connectivity index (χ2v) is 4.26. The van der Waals surface area contributed by atoms with Crippen molar-refractivity contribution in [1.29, 1.82) is 0 Å². The molecule has 0 aliphatic carbocycles. The standard InChI is InChI=1S/C10H19N5O/c1-14(2)10-12-9(16-13-10)8-15-6-3-4-11-5-7-15/h11H,3-8H2,1-2H3. The summed E-state index contributed by atoms with van der Waals surface area (Å²) in [5, 5.41) is 7.27. The Kier molecular flexibility index (Phi) is 3.74. The molecule has 0 radical (unpaired) electrons. The zero-order valence-electron chi connectivity index (χ0n) is 9.94. The maximum absolute atomic E-state index is 5.20. The van der Waals surface area contributed by atoms with E-state index in [1.807, 2.05) is 19.0 Å². The number of nitrogens with zero attached hydrogens (tertiary/aromatic N) is 4. The van der Waals surface area contributed by atoms with Crippen molar-refractivity contribution in [2.75, 3.05) is 45.2 Å². The molecule has 6 nitrogen and oxygen atoms in total. The van der Waals surface area contributed by atoms with Crippen molar-refractivity contribution in [3.8, 4) is 0 Å². The lowest BCUT2D eigenvalue weighted by atomic mass is 10.4. The van der Waals surface area contributed by atoms with Crippen molar-refractivity contribution >= 4 is 5.95 Å². The third kappa shape index (κ3) is 2.93. The molecule has 1 aliphatic heterocycles. The molecule has 0 spiro atoms. The van der Waals surface area contributed by atoms with Gasteiger partial charge < -0.3 is 14.7 Å². The highest BCUT2D eigenvalue weighted by molar-refractivity contribution is 5.23. The largest absolute Gasteiger partial charge is 0.344 e. The van der Waals surface area contributed by atoms with E-state index < -0.39 is 0 Å². The van der Waals surface area contributed by atoms with Gasteiger partial charge in [-0.3, -0.25) is 4.90 Å². The second kappa shape index (κ2) is 5.27. The highest BCUT2D eigenvalue weighted by Gasteiger charge is 2.14. The highest BCUT2D eigenvalue weighted by atomic mass is 16.5. The van der Waals surface area contributed by atoms with Crippen LogP contribution in [0.2, 0.25) is 0 Å². The van der Waals surface area contributed by atoms with E-state index in [1.165, 1.54) is 6.42 Å². The third-order valence-electron chi connectivity index (χ3n) is 2.65. The lowest BCUT2D eigenvalue weighted by Gasteiger charge is -2.16. The fraction of sp³-hybridized carbons (Fsp3) is 0.800. The van der Waals surface area contributed by atoms with Crippen LogP contribution >= 0.6 is 0 Å². The zero-order valence-corrected chi connectivity index (χ0v) is 9.94. The topological polar surface area (TPSA) is 57.4 Å². The summed E-state index contributed by atoms with van der Waals surface area (Å²) in [6, 6.07) is 0. The normalized spacial score (nSPS) is 18.4. The quantitative estimate of drug-likeness (QED) is 0.777. The van der Waals surface area contributed by atoms with Crippen LogP contribution in [-0.2, 0) is 6.54 Å². The third-order valence-corrected chi connectivity index (χ3v) is 2.65. The molecular weight excluding hydrogens is 206 g/mol. The fourth-order valence-corrected chi connectivity index (χ4v) is 1.74. The van der Waals surface area contributed by atoms with Crippen LogP contribution in [0.5, 0.6) is 0 Å². The molecule has 2 rings (SSSR count). The van der Waals surface area contributed by atoms with Gasteiger partial charge in [0.15, 0.2) is 0 Å². The molecule has 1 N–H and O–H groups in total. The van der Waals surface area contributed by atoms with Gasteiger partial charge in [0.05, 0.1) is 6.54 Å². The van der Waals surface area contributed by atoms with Gasteiger partial charge >= 0.3 is 0 Å². The summed E-state index contributed by atoms with van der Waals surface area (Å²) in [7, 11) is 3.81. The molecule has 90 valence electrons. The number of hydrogen-bond acceptors (Lipinski definition) is 6. The summed E-state index contributed by atoms with van der Waals surface area (Å²) in [6.45, 7) is 5.02. The van der Waals surface area contributed by atoms with Gasteiger partial charge in [0, 0.05) is 27.2 Å². The Labute approximate surface area is 95.6 Å². The van der Waals surface area contributed by atoms with Crippen LogP contribution < -0.4 is 10.2 Å². The van der Waals surface area contributed by atoms with Gasteiger partial charge in [-0.2, -0.15) is 4.98 Å². The lowest BCUT2D eigenvalue weighted by Crippen LogP contribution is -2.27. The van der Waals surface area contributed by atoms with Crippen LogP contribution in [0.1, 0.15) is 12.3 Å². The van der Waals surface area contributed by atoms with E-state index in [0.717, 1.165) is 32.7 Å². The van der Waals surface area contributed by atoms with Crippen molar-refractivity contribution in [2.24, 2.45) is 0 Å². The maximum atomic E-state index is 5.20. The SMILES string of the molecule is CN(C)c1noc(CN2CCCNCC2)n1. The van der Waals surface area contributed by atoms with E-state index in [-0.39, 0.29) is 0 Å². The van der Waals surface area contributed by atoms with Gasteiger partial charge in [-0.25, -0.2) is 0 Å². The first-order valence-corrected chi connectivity index (χ1v) is 5.68. The van der Waals surface area contributed by atoms with Crippen LogP contribution in [0, 0.1) is 0 Å². The predicted molar refractivity (Wildman–Crippen MR) is 61.4 cm³/mol. The van der Waals surface area contributed by atoms with Crippen LogP contribution in [0.4, 0.5) is 5.95 Å². The fourth-order valence-electron chi connectivity index (χ4n) is 1.74. The Hall–Kier alpha value is -1.14. The second-order valence-electron chi connectivity index (χ2n) is 4.26. The van der Waals surface area contributed by atoms with E-state index >= 15 is 0 Å². The Balaban J connectivity index is 1.91. The number of hydrogen-bond donors (Lipinski definition) is 1. The Morgan fingerprint density at radius 2 is 2.25 bits per heavy atom. The highest BCUT2D eigenvalue weighted by Crippen LogP contribution is 2.08. The minimum Gasteiger partial charge on any atom is -0.344 e. The minimum absolute atomic E-state index is 0.642. The molecular formula is C10H19N5O. The molecule has 2 heterocycles. The zero-order chi connectivity index (χ0) is 11.4. The molecule has 16 heavy (non-hydrogen) atoms. The van der Waals surface area contributed by atoms with Gasteiger partial charge in [0.2, 0.25) is 5.89 Å². The van der Waals surface area contributed by atoms with Crippen molar-refractivity contribution in [2.45, 2.75) is 13.0 Å². The molecule has 1 aliphatic rings. The average Bonchev–Trinajstić information content (AvgIpc) is 2.56. The summed E-state index contributed by atoms with van der Waals surface area (Å²) in [4.78, 5) is 8.50. The molecule has 6 heteroatoms. The lowest BCUT2D eigenvalue weighted by molar-refractivity contribution is 0.239. The molecule has 0 aromatic carbocycles. The van der Waals surface area contributed by atoms with E-state index in [0.29, 0.717) is 11.8 Å². The van der Waals surface area contributed by atoms with Crippen LogP contribution in [-0.4, -0.2) is 55.3 Å². The van der Waals surface area contributed by atoms with E-state index in [2.05, 4.69) is 20.4 Å². The van der Waals surface area contributed by atoms with Gasteiger partial charge in [-0.15, -0.1) is 0 Å². The summed E-state index contributed by atoms with van der Waals surface area (Å²) in [5.41, 5.74) is 0. The minimum atomic E-state index is 0.642. The monoisotopic (exact) mass is 225 g/mol. The average molecular weight is 225 g/mol. The first-order chi connectivity index (χ1) is 7.75. The Morgan fingerprint density at radius 1 is 1.38 bits per heavy atom. The summed E-state index contributed by atoms with van der Waals surface area (Å²) in [5.74, 6) is 1.34. The van der Waals surface area contributed by atoms with Gasteiger partial charge in [-0.1, -0.05) is 0 Å². The molecule has 1 aromatic heterocycles. The van der Waals surface area contributed by atoms with Gasteiger partial charge in [0.1, 0.15) is 0 Å². The molecule has 0 atom stereocenters. The van der Waals surface area contributed by atoms with Crippen LogP contribution in [0.15, 0.2) is 4.52 Å². The maximum Gasteiger partial charge on any atom is 0.265 e. The summed E-state index contributed by atoms with van der Waals surface area (Å²) >= 11 is 0. The first-order valence-electron chi connectivity index (χ1n) is 5.68. The molecule has 0 saturated carbocycles. The van der Waals surface area contributed by atoms with Crippen LogP contribution in [0.25, 0.3) is 0 Å². The molecule has 1 fully saturated rings. The molecule has 0 unspecified atom stereocenters. The Bertz CT molecular complexity index is 317. The molecule has 1 aromatic rings. The summed E-state index contributed by atoms with van der Waals surface area (Å²) < 4.78 is 5.20. The molecule has 1 saturated heterocycles. The Morgan fingerprint density at radius 3 is 3.00 bits per heavy atom. The number of nitrogens with one attached hydrogen (secondary N) is 1.